The molecule has 0 aromatic heterocycles. The maximum absolute atomic E-state index is 12.3. The molecule has 3 heteroatoms. The van der Waals surface area contributed by atoms with E-state index in [1.807, 2.05) is 0 Å². The molecule has 0 amide bonds. The molecule has 0 unspecified atom stereocenters. The van der Waals surface area contributed by atoms with Gasteiger partial charge in [-0.2, -0.15) is 0 Å². The largest absolute Gasteiger partial charge is 0.319 e. The first-order valence-electron chi connectivity index (χ1n) is 3.13. The summed E-state index contributed by atoms with van der Waals surface area (Å²) in [4.78, 5) is 0. The van der Waals surface area contributed by atoms with Gasteiger partial charge in [0.15, 0.2) is 0 Å². The van der Waals surface area contributed by atoms with E-state index in [0.29, 0.717) is 6.54 Å². The van der Waals surface area contributed by atoms with E-state index >= 15 is 0 Å². The maximum atomic E-state index is 12.3. The minimum absolute atomic E-state index is 0.412. The van der Waals surface area contributed by atoms with Crippen LogP contribution < -0.4 is 5.32 Å². The zero-order valence-electron chi connectivity index (χ0n) is 5.62. The van der Waals surface area contributed by atoms with E-state index in [0.717, 1.165) is 0 Å². The molecule has 0 radical (unpaired) electrons. The molecule has 1 fully saturated rings. The van der Waals surface area contributed by atoms with Gasteiger partial charge in [0.25, 0.3) is 5.92 Å². The second-order valence-electron chi connectivity index (χ2n) is 2.63. The van der Waals surface area contributed by atoms with Crippen LogP contribution in [0, 0.1) is 11.8 Å². The Morgan fingerprint density at radius 2 is 2.00 bits per heavy atom. The monoisotopic (exact) mass is 135 g/mol. The van der Waals surface area contributed by atoms with Crippen LogP contribution in [0.25, 0.3) is 0 Å². The van der Waals surface area contributed by atoms with Crippen LogP contribution >= 0.6 is 0 Å². The fourth-order valence-electron chi connectivity index (χ4n) is 1.09. The number of nitrogens with one attached hydrogen (secondary N) is 1. The summed E-state index contributed by atoms with van der Waals surface area (Å²) in [6, 6.07) is 0. The highest BCUT2D eigenvalue weighted by Crippen LogP contribution is 2.54. The normalized spacial score (nSPS) is 38.7. The second-order valence-corrected chi connectivity index (χ2v) is 2.63. The Morgan fingerprint density at radius 3 is 2.11 bits per heavy atom. The van der Waals surface area contributed by atoms with E-state index < -0.39 is 17.8 Å². The van der Waals surface area contributed by atoms with Crippen LogP contribution in [0.15, 0.2) is 0 Å². The van der Waals surface area contributed by atoms with Crippen molar-refractivity contribution in [1.29, 1.82) is 0 Å². The van der Waals surface area contributed by atoms with E-state index in [2.05, 4.69) is 5.32 Å². The van der Waals surface area contributed by atoms with Gasteiger partial charge in [-0.3, -0.25) is 0 Å². The van der Waals surface area contributed by atoms with Crippen molar-refractivity contribution < 1.29 is 8.78 Å². The second kappa shape index (κ2) is 1.90. The zero-order chi connectivity index (χ0) is 7.07. The Hall–Kier alpha value is -0.180. The first-order chi connectivity index (χ1) is 4.10. The molecule has 1 rings (SSSR count). The predicted molar refractivity (Wildman–Crippen MR) is 31.5 cm³/mol. The van der Waals surface area contributed by atoms with Gasteiger partial charge in [-0.15, -0.1) is 0 Å². The number of halogens is 2. The average molecular weight is 135 g/mol. The number of rotatable bonds is 2. The molecule has 54 valence electrons. The summed E-state index contributed by atoms with van der Waals surface area (Å²) in [5.41, 5.74) is 0. The molecule has 1 aliphatic carbocycles. The molecule has 1 nitrogen and oxygen atoms in total. The summed E-state index contributed by atoms with van der Waals surface area (Å²) in [6.45, 7) is 2.02. The Morgan fingerprint density at radius 1 is 1.56 bits per heavy atom. The summed E-state index contributed by atoms with van der Waals surface area (Å²) in [5, 5.41) is 2.74. The molecular weight excluding hydrogens is 124 g/mol. The van der Waals surface area contributed by atoms with Crippen molar-refractivity contribution in [2.24, 2.45) is 11.8 Å². The Bertz CT molecular complexity index is 114. The standard InChI is InChI=1S/C6H11F2N/c1-4-5(3-9-2)6(4,7)8/h4-5,9H,3H2,1-2H3/t4-,5-/m1/s1. The van der Waals surface area contributed by atoms with Gasteiger partial charge >= 0.3 is 0 Å². The first kappa shape index (κ1) is 6.93. The third-order valence-electron chi connectivity index (χ3n) is 2.02. The van der Waals surface area contributed by atoms with Gasteiger partial charge in [0, 0.05) is 18.4 Å². The lowest BCUT2D eigenvalue weighted by molar-refractivity contribution is 0.0867. The molecule has 0 spiro atoms. The maximum Gasteiger partial charge on any atom is 0.255 e. The minimum atomic E-state index is -2.39. The highest BCUT2D eigenvalue weighted by Gasteiger charge is 2.64. The SMILES string of the molecule is CNC[C@@H]1[C@@H](C)C1(F)F. The summed E-state index contributed by atoms with van der Waals surface area (Å²) >= 11 is 0. The van der Waals surface area contributed by atoms with Gasteiger partial charge in [0.2, 0.25) is 0 Å². The first-order valence-corrected chi connectivity index (χ1v) is 3.13. The van der Waals surface area contributed by atoms with Crippen LogP contribution in [0.1, 0.15) is 6.92 Å². The quantitative estimate of drug-likeness (QED) is 0.598. The zero-order valence-corrected chi connectivity index (χ0v) is 5.62. The fourth-order valence-corrected chi connectivity index (χ4v) is 1.09. The van der Waals surface area contributed by atoms with Gasteiger partial charge in [-0.05, 0) is 7.05 Å². The third-order valence-corrected chi connectivity index (χ3v) is 2.02. The highest BCUT2D eigenvalue weighted by atomic mass is 19.3. The summed E-state index contributed by atoms with van der Waals surface area (Å²) in [7, 11) is 1.70. The van der Waals surface area contributed by atoms with Crippen molar-refractivity contribution in [1.82, 2.24) is 5.32 Å². The Labute approximate surface area is 53.4 Å². The van der Waals surface area contributed by atoms with E-state index in [4.69, 9.17) is 0 Å². The van der Waals surface area contributed by atoms with E-state index in [1.165, 1.54) is 0 Å². The average Bonchev–Trinajstić information content (AvgIpc) is 2.19. The molecule has 1 N–H and O–H groups in total. The van der Waals surface area contributed by atoms with Crippen molar-refractivity contribution in [2.45, 2.75) is 12.8 Å². The topological polar surface area (TPSA) is 12.0 Å². The van der Waals surface area contributed by atoms with Gasteiger partial charge < -0.3 is 5.32 Å². The van der Waals surface area contributed by atoms with Crippen molar-refractivity contribution in [2.75, 3.05) is 13.6 Å². The Kier molecular flexibility index (Phi) is 1.47. The highest BCUT2D eigenvalue weighted by molar-refractivity contribution is 5.03. The number of hydrogen-bond acceptors (Lipinski definition) is 1. The molecule has 0 aromatic rings. The lowest BCUT2D eigenvalue weighted by Gasteiger charge is -1.93. The van der Waals surface area contributed by atoms with Crippen molar-refractivity contribution >= 4 is 0 Å². The summed E-state index contributed by atoms with van der Waals surface area (Å²) in [5.74, 6) is -3.21. The van der Waals surface area contributed by atoms with Gasteiger partial charge in [-0.25, -0.2) is 8.78 Å². The molecule has 1 aliphatic rings. The molecule has 0 bridgehead atoms. The molecular formula is C6H11F2N. The van der Waals surface area contributed by atoms with Crippen LogP contribution in [0.5, 0.6) is 0 Å². The van der Waals surface area contributed by atoms with E-state index in [1.54, 1.807) is 14.0 Å². The minimum Gasteiger partial charge on any atom is -0.319 e. The van der Waals surface area contributed by atoms with Crippen LogP contribution in [-0.4, -0.2) is 19.5 Å². The smallest absolute Gasteiger partial charge is 0.255 e. The van der Waals surface area contributed by atoms with E-state index in [-0.39, 0.29) is 0 Å². The molecule has 9 heavy (non-hydrogen) atoms. The molecule has 0 saturated heterocycles. The van der Waals surface area contributed by atoms with Crippen LogP contribution in [0.3, 0.4) is 0 Å². The fraction of sp³-hybridized carbons (Fsp3) is 1.00. The Balaban J connectivity index is 2.33. The van der Waals surface area contributed by atoms with Crippen molar-refractivity contribution in [3.05, 3.63) is 0 Å². The van der Waals surface area contributed by atoms with Crippen LogP contribution in [0.4, 0.5) is 8.78 Å². The number of alkyl halides is 2. The van der Waals surface area contributed by atoms with Gasteiger partial charge in [-0.1, -0.05) is 6.92 Å². The predicted octanol–water partition coefficient (Wildman–Crippen LogP) is 1.11. The van der Waals surface area contributed by atoms with Crippen LogP contribution in [0.2, 0.25) is 0 Å². The molecule has 2 atom stereocenters. The summed E-state index contributed by atoms with van der Waals surface area (Å²) < 4.78 is 24.7. The third kappa shape index (κ3) is 0.936. The van der Waals surface area contributed by atoms with E-state index in [9.17, 15) is 8.78 Å². The van der Waals surface area contributed by atoms with Gasteiger partial charge in [0.1, 0.15) is 0 Å². The summed E-state index contributed by atoms with van der Waals surface area (Å²) in [6.07, 6.45) is 0. The molecule has 0 heterocycles. The van der Waals surface area contributed by atoms with Crippen LogP contribution in [-0.2, 0) is 0 Å². The lowest BCUT2D eigenvalue weighted by Crippen LogP contribution is -2.13. The molecule has 0 aliphatic heterocycles. The lowest BCUT2D eigenvalue weighted by atomic mass is 10.3. The van der Waals surface area contributed by atoms with Gasteiger partial charge in [0.05, 0.1) is 0 Å². The van der Waals surface area contributed by atoms with Crippen molar-refractivity contribution in [3.63, 3.8) is 0 Å². The number of hydrogen-bond donors (Lipinski definition) is 1. The molecule has 0 aromatic carbocycles. The van der Waals surface area contributed by atoms with Crippen molar-refractivity contribution in [3.8, 4) is 0 Å². The molecule has 1 saturated carbocycles.